The lowest BCUT2D eigenvalue weighted by molar-refractivity contribution is -0.143. The second kappa shape index (κ2) is 10.8. The van der Waals surface area contributed by atoms with Gasteiger partial charge in [0.15, 0.2) is 21.8 Å². The zero-order valence-corrected chi connectivity index (χ0v) is 21.7. The summed E-state index contributed by atoms with van der Waals surface area (Å²) in [6, 6.07) is 13.0. The minimum Gasteiger partial charge on any atom is -0.366 e. The normalized spacial score (nSPS) is 13.4. The predicted octanol–water partition coefficient (Wildman–Crippen LogP) is 4.30. The Hall–Kier alpha value is -2.25. The number of nitrogens with zero attached hydrogens (tertiary/aromatic N) is 3. The zero-order valence-electron chi connectivity index (χ0n) is 19.3. The molecular formula is C23H25BrF3N3O4S. The number of halogens is 4. The molecule has 0 spiro atoms. The molecule has 35 heavy (non-hydrogen) atoms. The van der Waals surface area contributed by atoms with Crippen LogP contribution < -0.4 is 0 Å². The van der Waals surface area contributed by atoms with Crippen molar-refractivity contribution in [2.45, 2.75) is 23.9 Å². The number of aliphatic hydroxyl groups excluding tert-OH is 1. The van der Waals surface area contributed by atoms with Gasteiger partial charge in [-0.2, -0.15) is 18.3 Å². The van der Waals surface area contributed by atoms with Gasteiger partial charge in [-0.25, -0.2) is 8.42 Å². The number of hydrogen-bond acceptors (Lipinski definition) is 6. The fourth-order valence-electron chi connectivity index (χ4n) is 3.33. The van der Waals surface area contributed by atoms with E-state index in [4.69, 9.17) is 4.74 Å². The van der Waals surface area contributed by atoms with Crippen LogP contribution in [0.4, 0.5) is 13.2 Å². The highest BCUT2D eigenvalue weighted by Gasteiger charge is 2.39. The molecule has 3 aromatic rings. The minimum absolute atomic E-state index is 0.129. The maximum absolute atomic E-state index is 13.6. The van der Waals surface area contributed by atoms with Crippen LogP contribution in [0.15, 0.2) is 57.9 Å². The number of sulfone groups is 1. The molecule has 0 amide bonds. The first-order valence-corrected chi connectivity index (χ1v) is 13.1. The minimum atomic E-state index is -4.71. The highest BCUT2D eigenvalue weighted by molar-refractivity contribution is 9.10. The third-order valence-corrected chi connectivity index (χ3v) is 6.96. The molecular weight excluding hydrogens is 551 g/mol. The first kappa shape index (κ1) is 27.3. The molecule has 1 aromatic heterocycles. The maximum atomic E-state index is 13.6. The Kier molecular flexibility index (Phi) is 8.43. The maximum Gasteiger partial charge on any atom is 0.436 e. The van der Waals surface area contributed by atoms with Crippen LogP contribution in [0.1, 0.15) is 5.69 Å². The van der Waals surface area contributed by atoms with E-state index < -0.39 is 28.0 Å². The third kappa shape index (κ3) is 6.91. The number of alkyl halides is 3. The molecule has 1 heterocycles. The number of likely N-dealkylation sites (N-methyl/N-ethyl adjacent to an activating group) is 1. The molecule has 0 saturated carbocycles. The summed E-state index contributed by atoms with van der Waals surface area (Å²) in [4.78, 5) is 2.01. The van der Waals surface area contributed by atoms with Crippen LogP contribution in [0.2, 0.25) is 0 Å². The molecule has 1 N–H and O–H groups in total. The van der Waals surface area contributed by atoms with Gasteiger partial charge in [0, 0.05) is 18.4 Å². The Morgan fingerprint density at radius 3 is 2.31 bits per heavy atom. The summed E-state index contributed by atoms with van der Waals surface area (Å²) >= 11 is 3.03. The zero-order chi connectivity index (χ0) is 26.0. The Morgan fingerprint density at radius 1 is 1.11 bits per heavy atom. The molecule has 0 bridgehead atoms. The Morgan fingerprint density at radius 2 is 1.74 bits per heavy atom. The smallest absolute Gasteiger partial charge is 0.366 e. The first-order chi connectivity index (χ1) is 16.3. The van der Waals surface area contributed by atoms with Gasteiger partial charge in [0.25, 0.3) is 0 Å². The molecule has 0 fully saturated rings. The van der Waals surface area contributed by atoms with Crippen molar-refractivity contribution in [2.75, 3.05) is 33.5 Å². The number of rotatable bonds is 9. The Labute approximate surface area is 210 Å². The highest BCUT2D eigenvalue weighted by atomic mass is 79.9. The van der Waals surface area contributed by atoms with Crippen LogP contribution in [-0.2, 0) is 27.3 Å². The van der Waals surface area contributed by atoms with Gasteiger partial charge < -0.3 is 14.7 Å². The SMILES string of the molecule is CN(C)CCOC(O)Cn1nc(C(F)(F)F)c(Br)c1-c1ccc(-c2cccc(S(C)(=O)=O)c2)cc1. The van der Waals surface area contributed by atoms with Crippen LogP contribution in [0, 0.1) is 0 Å². The van der Waals surface area contributed by atoms with E-state index in [9.17, 15) is 26.7 Å². The summed E-state index contributed by atoms with van der Waals surface area (Å²) in [5, 5.41) is 13.9. The topological polar surface area (TPSA) is 84.7 Å². The molecule has 0 aliphatic carbocycles. The number of hydrogen-bond donors (Lipinski definition) is 1. The van der Waals surface area contributed by atoms with Crippen molar-refractivity contribution in [1.29, 1.82) is 0 Å². The molecule has 12 heteroatoms. The quantitative estimate of drug-likeness (QED) is 0.383. The Balaban J connectivity index is 1.95. The van der Waals surface area contributed by atoms with E-state index in [2.05, 4.69) is 21.0 Å². The monoisotopic (exact) mass is 575 g/mol. The van der Waals surface area contributed by atoms with E-state index in [1.54, 1.807) is 36.4 Å². The van der Waals surface area contributed by atoms with E-state index in [0.717, 1.165) is 10.9 Å². The van der Waals surface area contributed by atoms with Crippen LogP contribution in [0.3, 0.4) is 0 Å². The molecule has 1 atom stereocenters. The lowest BCUT2D eigenvalue weighted by Crippen LogP contribution is -2.26. The van der Waals surface area contributed by atoms with E-state index >= 15 is 0 Å². The summed E-state index contributed by atoms with van der Waals surface area (Å²) in [6.45, 7) is 0.414. The van der Waals surface area contributed by atoms with Crippen molar-refractivity contribution in [3.63, 3.8) is 0 Å². The predicted molar refractivity (Wildman–Crippen MR) is 129 cm³/mol. The number of aromatic nitrogens is 2. The van der Waals surface area contributed by atoms with Crippen LogP contribution in [-0.4, -0.2) is 68.0 Å². The third-order valence-electron chi connectivity index (χ3n) is 5.09. The van der Waals surface area contributed by atoms with Gasteiger partial charge in [-0.1, -0.05) is 36.4 Å². The second-order valence-electron chi connectivity index (χ2n) is 8.20. The van der Waals surface area contributed by atoms with Crippen molar-refractivity contribution in [3.05, 3.63) is 58.7 Å². The van der Waals surface area contributed by atoms with Gasteiger partial charge in [-0.15, -0.1) is 0 Å². The highest BCUT2D eigenvalue weighted by Crippen LogP contribution is 2.40. The fourth-order valence-corrected chi connectivity index (χ4v) is 4.73. The lowest BCUT2D eigenvalue weighted by atomic mass is 10.0. The molecule has 1 unspecified atom stereocenters. The molecule has 0 saturated heterocycles. The van der Waals surface area contributed by atoms with E-state index in [-0.39, 0.29) is 28.2 Å². The van der Waals surface area contributed by atoms with Gasteiger partial charge in [0.1, 0.15) is 0 Å². The largest absolute Gasteiger partial charge is 0.436 e. The molecule has 2 aromatic carbocycles. The summed E-state index contributed by atoms with van der Waals surface area (Å²) in [7, 11) is 0.264. The number of benzene rings is 2. The first-order valence-electron chi connectivity index (χ1n) is 10.5. The van der Waals surface area contributed by atoms with Crippen molar-refractivity contribution in [3.8, 4) is 22.4 Å². The van der Waals surface area contributed by atoms with Crippen molar-refractivity contribution in [1.82, 2.24) is 14.7 Å². The average molecular weight is 576 g/mol. The number of aliphatic hydroxyl groups is 1. The molecule has 7 nitrogen and oxygen atoms in total. The van der Waals surface area contributed by atoms with Crippen molar-refractivity contribution in [2.24, 2.45) is 0 Å². The molecule has 0 radical (unpaired) electrons. The molecule has 190 valence electrons. The van der Waals surface area contributed by atoms with Crippen molar-refractivity contribution < 1.29 is 31.4 Å². The number of ether oxygens (including phenoxy) is 1. The summed E-state index contributed by atoms with van der Waals surface area (Å²) in [5.74, 6) is 0. The molecule has 0 aliphatic heterocycles. The Bertz CT molecular complexity index is 1280. The van der Waals surface area contributed by atoms with Crippen LogP contribution in [0.25, 0.3) is 22.4 Å². The fraction of sp³-hybridized carbons (Fsp3) is 0.348. The second-order valence-corrected chi connectivity index (χ2v) is 11.0. The molecule has 3 rings (SSSR count). The van der Waals surface area contributed by atoms with Crippen LogP contribution >= 0.6 is 15.9 Å². The summed E-state index contributed by atoms with van der Waals surface area (Å²) in [5.41, 5.74) is 0.766. The van der Waals surface area contributed by atoms with Crippen LogP contribution in [0.5, 0.6) is 0 Å². The lowest BCUT2D eigenvalue weighted by Gasteiger charge is -2.16. The van der Waals surface area contributed by atoms with E-state index in [1.165, 1.54) is 12.1 Å². The van der Waals surface area contributed by atoms with Gasteiger partial charge in [0.05, 0.1) is 28.2 Å². The van der Waals surface area contributed by atoms with Gasteiger partial charge in [0.2, 0.25) is 0 Å². The van der Waals surface area contributed by atoms with Gasteiger partial charge >= 0.3 is 6.18 Å². The van der Waals surface area contributed by atoms with Gasteiger partial charge in [-0.05, 0) is 53.3 Å². The average Bonchev–Trinajstić information content (AvgIpc) is 3.09. The summed E-state index contributed by atoms with van der Waals surface area (Å²) < 4.78 is 70.5. The standard InChI is InChI=1S/C23H25BrF3N3O4S/c1-29(2)11-12-34-19(31)14-30-21(20(24)22(28-30)23(25,26)27)16-9-7-15(8-10-16)17-5-4-6-18(13-17)35(3,32)33/h4-10,13,19,31H,11-12,14H2,1-3H3. The van der Waals surface area contributed by atoms with E-state index in [0.29, 0.717) is 23.2 Å². The van der Waals surface area contributed by atoms with Crippen molar-refractivity contribution >= 4 is 25.8 Å². The van der Waals surface area contributed by atoms with Gasteiger partial charge in [-0.3, -0.25) is 4.68 Å². The molecule has 0 aliphatic rings. The summed E-state index contributed by atoms with van der Waals surface area (Å²) in [6.07, 6.45) is -4.95. The van der Waals surface area contributed by atoms with E-state index in [1.807, 2.05) is 19.0 Å².